The molecule has 1 aliphatic rings. The van der Waals surface area contributed by atoms with Gasteiger partial charge in [-0.05, 0) is 19.8 Å². The molecule has 0 bridgehead atoms. The summed E-state index contributed by atoms with van der Waals surface area (Å²) < 4.78 is 4.59. The Bertz CT molecular complexity index is 242. The number of carbonyl (C=O) groups is 2. The van der Waals surface area contributed by atoms with Crippen molar-refractivity contribution in [2.75, 3.05) is 6.61 Å². The van der Waals surface area contributed by atoms with Crippen molar-refractivity contribution in [2.45, 2.75) is 38.7 Å². The predicted octanol–water partition coefficient (Wildman–Crippen LogP) is 0.810. The van der Waals surface area contributed by atoms with E-state index in [1.165, 1.54) is 0 Å². The summed E-state index contributed by atoms with van der Waals surface area (Å²) >= 11 is 0. The second kappa shape index (κ2) is 5.70. The van der Waals surface area contributed by atoms with Gasteiger partial charge in [-0.1, -0.05) is 12.8 Å². The Balaban J connectivity index is 2.41. The van der Waals surface area contributed by atoms with Gasteiger partial charge in [0.05, 0.1) is 18.6 Å². The minimum absolute atomic E-state index is 0.229. The molecule has 0 aliphatic heterocycles. The van der Waals surface area contributed by atoms with Crippen molar-refractivity contribution in [1.29, 1.82) is 0 Å². The summed E-state index contributed by atoms with van der Waals surface area (Å²) in [5, 5.41) is 11.7. The van der Waals surface area contributed by atoms with Gasteiger partial charge in [-0.25, -0.2) is 4.79 Å². The Morgan fingerprint density at radius 1 is 1.40 bits per heavy atom. The number of alkyl carbamates (subject to hydrolysis) is 1. The quantitative estimate of drug-likeness (QED) is 0.714. The third-order valence-corrected chi connectivity index (χ3v) is 2.57. The summed E-state index contributed by atoms with van der Waals surface area (Å²) in [4.78, 5) is 22.5. The van der Waals surface area contributed by atoms with Gasteiger partial charge in [-0.2, -0.15) is 0 Å². The summed E-state index contributed by atoms with van der Waals surface area (Å²) in [6.45, 7) is 1.89. The van der Waals surface area contributed by atoms with Gasteiger partial charge in [0.2, 0.25) is 5.91 Å². The molecule has 2 atom stereocenters. The summed E-state index contributed by atoms with van der Waals surface area (Å²) in [7, 11) is 0. The van der Waals surface area contributed by atoms with Crippen LogP contribution in [0, 0.1) is 5.92 Å². The van der Waals surface area contributed by atoms with Crippen LogP contribution in [-0.2, 0) is 9.53 Å². The van der Waals surface area contributed by atoms with Crippen molar-refractivity contribution in [3.8, 4) is 0 Å². The molecule has 86 valence electrons. The van der Waals surface area contributed by atoms with Crippen LogP contribution in [0.5, 0.6) is 0 Å². The van der Waals surface area contributed by atoms with E-state index in [-0.39, 0.29) is 6.61 Å². The number of nitrogens with one attached hydrogen (secondary N) is 1. The van der Waals surface area contributed by atoms with Crippen LogP contribution in [-0.4, -0.2) is 29.8 Å². The van der Waals surface area contributed by atoms with Crippen molar-refractivity contribution in [2.24, 2.45) is 5.92 Å². The number of imide groups is 1. The van der Waals surface area contributed by atoms with Crippen molar-refractivity contribution >= 4 is 12.0 Å². The van der Waals surface area contributed by atoms with E-state index in [9.17, 15) is 14.7 Å². The van der Waals surface area contributed by atoms with Gasteiger partial charge in [0.15, 0.2) is 0 Å². The van der Waals surface area contributed by atoms with Crippen molar-refractivity contribution in [3.05, 3.63) is 0 Å². The zero-order chi connectivity index (χ0) is 11.3. The second-order valence-corrected chi connectivity index (χ2v) is 3.67. The molecule has 2 N–H and O–H groups in total. The lowest BCUT2D eigenvalue weighted by molar-refractivity contribution is -0.129. The first-order valence-electron chi connectivity index (χ1n) is 5.30. The highest BCUT2D eigenvalue weighted by atomic mass is 16.5. The summed E-state index contributed by atoms with van der Waals surface area (Å²) in [5.41, 5.74) is 0. The Morgan fingerprint density at radius 3 is 2.67 bits per heavy atom. The third kappa shape index (κ3) is 3.51. The van der Waals surface area contributed by atoms with Crippen LogP contribution < -0.4 is 5.32 Å². The molecule has 5 nitrogen and oxygen atoms in total. The highest BCUT2D eigenvalue weighted by molar-refractivity contribution is 5.93. The first kappa shape index (κ1) is 12.0. The molecule has 0 radical (unpaired) electrons. The Kier molecular flexibility index (Phi) is 4.55. The van der Waals surface area contributed by atoms with Crippen molar-refractivity contribution in [1.82, 2.24) is 5.32 Å². The van der Waals surface area contributed by atoms with E-state index >= 15 is 0 Å². The lowest BCUT2D eigenvalue weighted by atomic mass is 9.86. The fraction of sp³-hybridized carbons (Fsp3) is 0.800. The molecule has 1 rings (SSSR count). The largest absolute Gasteiger partial charge is 0.450 e. The van der Waals surface area contributed by atoms with E-state index in [4.69, 9.17) is 0 Å². The van der Waals surface area contributed by atoms with Crippen LogP contribution in [0.15, 0.2) is 0 Å². The van der Waals surface area contributed by atoms with Crippen LogP contribution in [0.25, 0.3) is 0 Å². The van der Waals surface area contributed by atoms with Crippen LogP contribution in [0.2, 0.25) is 0 Å². The molecule has 0 spiro atoms. The minimum Gasteiger partial charge on any atom is -0.450 e. The lowest BCUT2D eigenvalue weighted by Gasteiger charge is -2.25. The zero-order valence-electron chi connectivity index (χ0n) is 8.86. The van der Waals surface area contributed by atoms with Gasteiger partial charge in [-0.3, -0.25) is 10.1 Å². The maximum Gasteiger partial charge on any atom is 0.413 e. The molecule has 0 aromatic rings. The predicted molar refractivity (Wildman–Crippen MR) is 53.1 cm³/mol. The Labute approximate surface area is 88.8 Å². The number of amides is 2. The normalized spacial score (nSPS) is 25.7. The monoisotopic (exact) mass is 215 g/mol. The molecule has 1 fully saturated rings. The van der Waals surface area contributed by atoms with E-state index in [0.717, 1.165) is 12.8 Å². The van der Waals surface area contributed by atoms with Gasteiger partial charge in [-0.15, -0.1) is 0 Å². The topological polar surface area (TPSA) is 75.6 Å². The van der Waals surface area contributed by atoms with Gasteiger partial charge in [0.1, 0.15) is 0 Å². The van der Waals surface area contributed by atoms with E-state index < -0.39 is 24.0 Å². The van der Waals surface area contributed by atoms with E-state index in [0.29, 0.717) is 12.8 Å². The van der Waals surface area contributed by atoms with Crippen LogP contribution in [0.1, 0.15) is 32.6 Å². The molecular weight excluding hydrogens is 198 g/mol. The molecular formula is C10H17NO4. The molecule has 0 heterocycles. The number of aliphatic hydroxyl groups excluding tert-OH is 1. The third-order valence-electron chi connectivity index (χ3n) is 2.57. The summed E-state index contributed by atoms with van der Waals surface area (Å²) in [6, 6.07) is 0. The maximum absolute atomic E-state index is 11.5. The number of aliphatic hydroxyl groups is 1. The Hall–Kier alpha value is -1.10. The smallest absolute Gasteiger partial charge is 0.413 e. The number of ether oxygens (including phenoxy) is 1. The van der Waals surface area contributed by atoms with E-state index in [1.54, 1.807) is 6.92 Å². The van der Waals surface area contributed by atoms with Crippen LogP contribution >= 0.6 is 0 Å². The van der Waals surface area contributed by atoms with Gasteiger partial charge in [0.25, 0.3) is 0 Å². The van der Waals surface area contributed by atoms with E-state index in [2.05, 4.69) is 10.1 Å². The number of carbonyl (C=O) groups excluding carboxylic acids is 2. The molecule has 0 aromatic carbocycles. The number of rotatable bonds is 2. The molecule has 15 heavy (non-hydrogen) atoms. The lowest BCUT2D eigenvalue weighted by Crippen LogP contribution is -2.42. The van der Waals surface area contributed by atoms with Gasteiger partial charge in [0, 0.05) is 0 Å². The van der Waals surface area contributed by atoms with Crippen LogP contribution in [0.3, 0.4) is 0 Å². The highest BCUT2D eigenvalue weighted by Gasteiger charge is 2.30. The molecule has 0 aromatic heterocycles. The standard InChI is InChI=1S/C10H17NO4/c1-2-15-10(14)11-9(13)7-5-3-4-6-8(7)12/h7-8,12H,2-6H2,1H3,(H,11,13,14). The van der Waals surface area contributed by atoms with Crippen molar-refractivity contribution < 1.29 is 19.4 Å². The zero-order valence-corrected chi connectivity index (χ0v) is 8.86. The first-order valence-corrected chi connectivity index (χ1v) is 5.30. The average molecular weight is 215 g/mol. The molecule has 1 saturated carbocycles. The van der Waals surface area contributed by atoms with E-state index in [1.807, 2.05) is 0 Å². The molecule has 5 heteroatoms. The summed E-state index contributed by atoms with van der Waals surface area (Å²) in [6.07, 6.45) is 1.74. The molecule has 1 aliphatic carbocycles. The Morgan fingerprint density at radius 2 is 2.07 bits per heavy atom. The number of hydrogen-bond acceptors (Lipinski definition) is 4. The number of hydrogen-bond donors (Lipinski definition) is 2. The fourth-order valence-electron chi connectivity index (χ4n) is 1.78. The highest BCUT2D eigenvalue weighted by Crippen LogP contribution is 2.24. The second-order valence-electron chi connectivity index (χ2n) is 3.67. The summed E-state index contributed by atoms with van der Waals surface area (Å²) in [5.74, 6) is -0.899. The molecule has 2 unspecified atom stereocenters. The van der Waals surface area contributed by atoms with Gasteiger partial charge >= 0.3 is 6.09 Å². The fourth-order valence-corrected chi connectivity index (χ4v) is 1.78. The average Bonchev–Trinajstić information content (AvgIpc) is 2.18. The maximum atomic E-state index is 11.5. The SMILES string of the molecule is CCOC(=O)NC(=O)C1CCCCC1O. The van der Waals surface area contributed by atoms with Gasteiger partial charge < -0.3 is 9.84 Å². The molecule has 0 saturated heterocycles. The van der Waals surface area contributed by atoms with Crippen LogP contribution in [0.4, 0.5) is 4.79 Å². The molecule has 2 amide bonds. The minimum atomic E-state index is -0.736. The first-order chi connectivity index (χ1) is 7.15. The van der Waals surface area contributed by atoms with Crippen molar-refractivity contribution in [3.63, 3.8) is 0 Å².